The van der Waals surface area contributed by atoms with Crippen LogP contribution in [-0.4, -0.2) is 4.98 Å². The van der Waals surface area contributed by atoms with Crippen LogP contribution in [0.1, 0.15) is 16.7 Å². The zero-order chi connectivity index (χ0) is 14.8. The second-order valence-electron chi connectivity index (χ2n) is 5.22. The molecule has 0 aliphatic rings. The summed E-state index contributed by atoms with van der Waals surface area (Å²) in [5, 5.41) is 2.15. The number of hydrogen-bond acceptors (Lipinski definition) is 3. The van der Waals surface area contributed by atoms with E-state index < -0.39 is 0 Å². The Bertz CT molecular complexity index is 796. The van der Waals surface area contributed by atoms with Gasteiger partial charge in [-0.1, -0.05) is 42.1 Å². The number of hydrogen-bond donors (Lipinski definition) is 1. The zero-order valence-electron chi connectivity index (χ0n) is 12.3. The molecule has 0 atom stereocenters. The van der Waals surface area contributed by atoms with Gasteiger partial charge in [0.2, 0.25) is 0 Å². The van der Waals surface area contributed by atoms with Gasteiger partial charge in [0.15, 0.2) is 0 Å². The second-order valence-corrected chi connectivity index (χ2v) is 6.25. The third kappa shape index (κ3) is 2.94. The van der Waals surface area contributed by atoms with Crippen molar-refractivity contribution >= 4 is 22.7 Å². The summed E-state index contributed by atoms with van der Waals surface area (Å²) < 4.78 is 0. The molecule has 0 aliphatic carbocycles. The van der Waals surface area contributed by atoms with E-state index in [9.17, 15) is 0 Å². The van der Waals surface area contributed by atoms with E-state index in [0.29, 0.717) is 6.54 Å². The molecule has 21 heavy (non-hydrogen) atoms. The predicted octanol–water partition coefficient (Wildman–Crippen LogP) is 4.46. The van der Waals surface area contributed by atoms with Gasteiger partial charge >= 0.3 is 0 Å². The van der Waals surface area contributed by atoms with Crippen molar-refractivity contribution in [2.75, 3.05) is 0 Å². The van der Waals surface area contributed by atoms with Gasteiger partial charge in [-0.2, -0.15) is 0 Å². The largest absolute Gasteiger partial charge is 0.326 e. The average Bonchev–Trinajstić information content (AvgIpc) is 2.50. The molecule has 0 saturated heterocycles. The van der Waals surface area contributed by atoms with E-state index >= 15 is 0 Å². The molecule has 0 amide bonds. The topological polar surface area (TPSA) is 38.9 Å². The fourth-order valence-electron chi connectivity index (χ4n) is 2.30. The van der Waals surface area contributed by atoms with Crippen molar-refractivity contribution in [1.29, 1.82) is 0 Å². The number of aromatic nitrogens is 1. The Hall–Kier alpha value is -1.84. The lowest BCUT2D eigenvalue weighted by Crippen LogP contribution is -2.00. The fraction of sp³-hybridized carbons (Fsp3) is 0.167. The minimum Gasteiger partial charge on any atom is -0.326 e. The third-order valence-corrected chi connectivity index (χ3v) is 4.74. The lowest BCUT2D eigenvalue weighted by Gasteiger charge is -2.11. The number of aryl methyl sites for hydroxylation is 2. The van der Waals surface area contributed by atoms with E-state index in [1.54, 1.807) is 11.8 Å². The van der Waals surface area contributed by atoms with Crippen LogP contribution in [0.2, 0.25) is 0 Å². The maximum absolute atomic E-state index is 5.91. The molecule has 0 saturated carbocycles. The Morgan fingerprint density at radius 2 is 1.86 bits per heavy atom. The normalized spacial score (nSPS) is 11.0. The van der Waals surface area contributed by atoms with E-state index in [4.69, 9.17) is 10.7 Å². The van der Waals surface area contributed by atoms with Crippen molar-refractivity contribution in [1.82, 2.24) is 4.98 Å². The van der Waals surface area contributed by atoms with Crippen molar-refractivity contribution in [2.24, 2.45) is 5.73 Å². The number of benzene rings is 2. The first kappa shape index (κ1) is 14.1. The number of pyridine rings is 1. The van der Waals surface area contributed by atoms with Crippen LogP contribution >= 0.6 is 11.8 Å². The smallest absolute Gasteiger partial charge is 0.106 e. The first-order valence-corrected chi connectivity index (χ1v) is 7.83. The lowest BCUT2D eigenvalue weighted by molar-refractivity contribution is 0.981. The Morgan fingerprint density at radius 1 is 1.05 bits per heavy atom. The van der Waals surface area contributed by atoms with Gasteiger partial charge in [-0.25, -0.2) is 4.98 Å². The van der Waals surface area contributed by atoms with Crippen LogP contribution in [0.5, 0.6) is 0 Å². The summed E-state index contributed by atoms with van der Waals surface area (Å²) in [6, 6.07) is 16.8. The van der Waals surface area contributed by atoms with Gasteiger partial charge in [-0.15, -0.1) is 0 Å². The molecule has 3 rings (SSSR count). The molecule has 1 heterocycles. The highest BCUT2D eigenvalue weighted by atomic mass is 32.2. The highest BCUT2D eigenvalue weighted by Crippen LogP contribution is 2.33. The minimum atomic E-state index is 0.505. The lowest BCUT2D eigenvalue weighted by atomic mass is 10.1. The molecule has 2 aromatic carbocycles. The van der Waals surface area contributed by atoms with Crippen LogP contribution in [0.25, 0.3) is 10.9 Å². The number of nitrogens with two attached hydrogens (primary N) is 1. The summed E-state index contributed by atoms with van der Waals surface area (Å²) in [6.07, 6.45) is 0. The van der Waals surface area contributed by atoms with Crippen LogP contribution in [0.3, 0.4) is 0 Å². The van der Waals surface area contributed by atoms with Crippen LogP contribution in [0, 0.1) is 13.8 Å². The molecule has 2 nitrogen and oxygen atoms in total. The molecule has 0 spiro atoms. The quantitative estimate of drug-likeness (QED) is 0.775. The molecule has 3 aromatic rings. The summed E-state index contributed by atoms with van der Waals surface area (Å²) in [5.74, 6) is 0. The highest BCUT2D eigenvalue weighted by Gasteiger charge is 2.09. The second kappa shape index (κ2) is 5.88. The summed E-state index contributed by atoms with van der Waals surface area (Å²) in [5.41, 5.74) is 10.6. The van der Waals surface area contributed by atoms with Gasteiger partial charge < -0.3 is 5.73 Å². The molecule has 0 radical (unpaired) electrons. The van der Waals surface area contributed by atoms with Crippen molar-refractivity contribution in [3.8, 4) is 0 Å². The summed E-state index contributed by atoms with van der Waals surface area (Å²) in [7, 11) is 0. The highest BCUT2D eigenvalue weighted by molar-refractivity contribution is 7.99. The molecule has 2 N–H and O–H groups in total. The summed E-state index contributed by atoms with van der Waals surface area (Å²) in [4.78, 5) is 6.04. The first-order chi connectivity index (χ1) is 10.2. The SMILES string of the molecule is Cc1ccc(C)c(Sc2nc3ccccc3cc2CN)c1. The maximum Gasteiger partial charge on any atom is 0.106 e. The van der Waals surface area contributed by atoms with Crippen LogP contribution in [0.4, 0.5) is 0 Å². The molecular weight excluding hydrogens is 276 g/mol. The minimum absolute atomic E-state index is 0.505. The van der Waals surface area contributed by atoms with E-state index in [2.05, 4.69) is 44.2 Å². The predicted molar refractivity (Wildman–Crippen MR) is 89.7 cm³/mol. The van der Waals surface area contributed by atoms with Gasteiger partial charge in [-0.05, 0) is 48.7 Å². The van der Waals surface area contributed by atoms with E-state index in [1.165, 1.54) is 16.0 Å². The van der Waals surface area contributed by atoms with Crippen molar-refractivity contribution < 1.29 is 0 Å². The van der Waals surface area contributed by atoms with E-state index in [0.717, 1.165) is 21.5 Å². The standard InChI is InChI=1S/C18H18N2S/c1-12-7-8-13(2)17(9-12)21-18-15(11-19)10-14-5-3-4-6-16(14)20-18/h3-10H,11,19H2,1-2H3. The number of fused-ring (bicyclic) bond motifs is 1. The van der Waals surface area contributed by atoms with Crippen molar-refractivity contribution in [2.45, 2.75) is 30.3 Å². The molecule has 0 unspecified atom stereocenters. The molecular formula is C18H18N2S. The van der Waals surface area contributed by atoms with Crippen LogP contribution in [0.15, 0.2) is 58.5 Å². The van der Waals surface area contributed by atoms with Crippen molar-refractivity contribution in [3.05, 3.63) is 65.2 Å². The van der Waals surface area contributed by atoms with Gasteiger partial charge in [0.25, 0.3) is 0 Å². The Labute approximate surface area is 129 Å². The average molecular weight is 294 g/mol. The third-order valence-electron chi connectivity index (χ3n) is 3.53. The fourth-order valence-corrected chi connectivity index (χ4v) is 3.40. The number of para-hydroxylation sites is 1. The Morgan fingerprint density at radius 3 is 2.67 bits per heavy atom. The van der Waals surface area contributed by atoms with Gasteiger partial charge in [0, 0.05) is 16.8 Å². The zero-order valence-corrected chi connectivity index (χ0v) is 13.1. The number of nitrogens with zero attached hydrogens (tertiary/aromatic N) is 1. The number of rotatable bonds is 3. The monoisotopic (exact) mass is 294 g/mol. The molecule has 0 fully saturated rings. The molecule has 106 valence electrons. The molecule has 0 aliphatic heterocycles. The first-order valence-electron chi connectivity index (χ1n) is 7.01. The van der Waals surface area contributed by atoms with Crippen LogP contribution in [-0.2, 0) is 6.54 Å². The summed E-state index contributed by atoms with van der Waals surface area (Å²) >= 11 is 1.70. The Kier molecular flexibility index (Phi) is 3.95. The van der Waals surface area contributed by atoms with E-state index in [1.807, 2.05) is 18.2 Å². The molecule has 0 bridgehead atoms. The van der Waals surface area contributed by atoms with E-state index in [-0.39, 0.29) is 0 Å². The molecule has 3 heteroatoms. The summed E-state index contributed by atoms with van der Waals surface area (Å²) in [6.45, 7) is 4.75. The molecule has 1 aromatic heterocycles. The van der Waals surface area contributed by atoms with Gasteiger partial charge in [0.1, 0.15) is 5.03 Å². The van der Waals surface area contributed by atoms with Crippen LogP contribution < -0.4 is 5.73 Å². The van der Waals surface area contributed by atoms with Crippen molar-refractivity contribution in [3.63, 3.8) is 0 Å². The van der Waals surface area contributed by atoms with Gasteiger partial charge in [0.05, 0.1) is 5.52 Å². The Balaban J connectivity index is 2.08. The maximum atomic E-state index is 5.91. The van der Waals surface area contributed by atoms with Gasteiger partial charge in [-0.3, -0.25) is 0 Å².